The Kier molecular flexibility index (Phi) is 18.8. The summed E-state index contributed by atoms with van der Waals surface area (Å²) in [6, 6.07) is 19.9. The number of allylic oxidation sites excluding steroid dienone is 5. The lowest BCUT2D eigenvalue weighted by atomic mass is 9.85. The minimum absolute atomic E-state index is 0.0451. The molecule has 0 spiro atoms. The Morgan fingerprint density at radius 3 is 2.27 bits per heavy atom. The van der Waals surface area contributed by atoms with Crippen molar-refractivity contribution >= 4 is 41.1 Å². The standard InChI is InChI=1S/C52H63N5O9/c1-33(2)46-50(63)55-47(39-20-14-21-41(59)32-39)51(64)57-31-15-22-43(56-57)52(65)66-44(23-12-7-6-9-16-35(4)48(61)42(49(62)54-46)30-25-36(5)58)34(3)17-13-24-45(60)53-40-28-26-38(27-29-40)37-18-10-8-11-19-37/h6-14,17-21,24,26-29,32-33,35,42-44,46-48,56,59,61H,15-16,22-23,25,30-31H2,1-5H3,(H,53,60)(H,54,62)(H,55,63)/b9-6+,12-7+,24-13+,34-17+/t35-,42+,43?,44-,46-,47?,48+/m0/s1. The highest BCUT2D eigenvalue weighted by Crippen LogP contribution is 2.26. The highest BCUT2D eigenvalue weighted by atomic mass is 16.5. The molecular formula is C52H63N5O9. The van der Waals surface area contributed by atoms with Gasteiger partial charge in [-0.15, -0.1) is 0 Å². The van der Waals surface area contributed by atoms with E-state index in [9.17, 15) is 39.0 Å². The van der Waals surface area contributed by atoms with Crippen molar-refractivity contribution in [3.05, 3.63) is 133 Å². The topological polar surface area (TPSA) is 203 Å². The van der Waals surface area contributed by atoms with Crippen LogP contribution in [0.15, 0.2) is 127 Å². The van der Waals surface area contributed by atoms with Gasteiger partial charge < -0.3 is 35.7 Å². The fourth-order valence-electron chi connectivity index (χ4n) is 7.80. The molecule has 0 aromatic heterocycles. The molecule has 5 rings (SSSR count). The van der Waals surface area contributed by atoms with Gasteiger partial charge in [0.15, 0.2) is 0 Å². The lowest BCUT2D eigenvalue weighted by Gasteiger charge is -2.36. The van der Waals surface area contributed by atoms with Gasteiger partial charge in [-0.25, -0.2) is 5.43 Å². The number of ether oxygens (including phenoxy) is 1. The normalized spacial score (nSPS) is 25.2. The van der Waals surface area contributed by atoms with E-state index in [4.69, 9.17) is 4.74 Å². The Morgan fingerprint density at radius 2 is 1.59 bits per heavy atom. The quantitative estimate of drug-likeness (QED) is 0.0714. The summed E-state index contributed by atoms with van der Waals surface area (Å²) in [5, 5.41) is 31.6. The van der Waals surface area contributed by atoms with Crippen LogP contribution in [0.25, 0.3) is 11.1 Å². The van der Waals surface area contributed by atoms with Gasteiger partial charge in [0.05, 0.1) is 12.0 Å². The molecule has 1 saturated heterocycles. The van der Waals surface area contributed by atoms with Crippen LogP contribution in [0.2, 0.25) is 0 Å². The number of amides is 4. The molecule has 3 aromatic carbocycles. The number of Topliss-reactive ketones (excluding diaryl/α,β-unsaturated/α-hetero) is 1. The van der Waals surface area contributed by atoms with Crippen LogP contribution in [0, 0.1) is 17.8 Å². The molecule has 1 fully saturated rings. The fraction of sp³-hybridized carbons (Fsp3) is 0.385. The van der Waals surface area contributed by atoms with Crippen LogP contribution in [-0.2, 0) is 33.5 Å². The summed E-state index contributed by atoms with van der Waals surface area (Å²) >= 11 is 0. The van der Waals surface area contributed by atoms with Crippen LogP contribution in [0.5, 0.6) is 5.75 Å². The van der Waals surface area contributed by atoms with E-state index in [1.54, 1.807) is 58.1 Å². The molecule has 0 radical (unpaired) electrons. The minimum atomic E-state index is -1.35. The molecule has 14 nitrogen and oxygen atoms in total. The number of hydrogen-bond donors (Lipinski definition) is 6. The van der Waals surface area contributed by atoms with Gasteiger partial charge in [0, 0.05) is 31.1 Å². The molecule has 350 valence electrons. The van der Waals surface area contributed by atoms with Crippen LogP contribution < -0.4 is 21.4 Å². The number of carbonyl (C=O) groups excluding carboxylic acids is 6. The van der Waals surface area contributed by atoms with Crippen LogP contribution >= 0.6 is 0 Å². The Labute approximate surface area is 387 Å². The molecule has 14 heteroatoms. The van der Waals surface area contributed by atoms with Crippen molar-refractivity contribution in [2.24, 2.45) is 17.8 Å². The molecule has 7 atom stereocenters. The lowest BCUT2D eigenvalue weighted by Crippen LogP contribution is -2.59. The van der Waals surface area contributed by atoms with Crippen LogP contribution in [0.3, 0.4) is 0 Å². The van der Waals surface area contributed by atoms with Crippen molar-refractivity contribution in [2.45, 2.75) is 103 Å². The van der Waals surface area contributed by atoms with Crippen molar-refractivity contribution in [3.8, 4) is 16.9 Å². The lowest BCUT2D eigenvalue weighted by molar-refractivity contribution is -0.156. The molecule has 0 aliphatic carbocycles. The Bertz CT molecular complexity index is 2290. The van der Waals surface area contributed by atoms with Crippen LogP contribution in [0.4, 0.5) is 5.69 Å². The Balaban J connectivity index is 1.41. The number of cyclic esters (lactones) is 1. The zero-order valence-electron chi connectivity index (χ0n) is 38.3. The summed E-state index contributed by atoms with van der Waals surface area (Å²) < 4.78 is 6.11. The Hall–Kier alpha value is -6.64. The predicted molar refractivity (Wildman–Crippen MR) is 253 cm³/mol. The molecule has 66 heavy (non-hydrogen) atoms. The van der Waals surface area contributed by atoms with Gasteiger partial charge in [-0.1, -0.05) is 112 Å². The number of aliphatic hydroxyl groups is 1. The van der Waals surface area contributed by atoms with E-state index in [0.29, 0.717) is 30.5 Å². The first kappa shape index (κ1) is 50.4. The number of aliphatic hydroxyl groups excluding tert-OH is 1. The maximum absolute atomic E-state index is 14.4. The molecule has 0 saturated carbocycles. The third kappa shape index (κ3) is 14.7. The third-order valence-corrected chi connectivity index (χ3v) is 11.7. The van der Waals surface area contributed by atoms with Gasteiger partial charge in [0.25, 0.3) is 5.91 Å². The van der Waals surface area contributed by atoms with E-state index < -0.39 is 71.8 Å². The molecule has 3 aromatic rings. The van der Waals surface area contributed by atoms with Gasteiger partial charge in [-0.05, 0) is 97.9 Å². The highest BCUT2D eigenvalue weighted by molar-refractivity contribution is 5.99. The number of nitrogens with zero attached hydrogens (tertiary/aromatic N) is 1. The average Bonchev–Trinajstić information content (AvgIpc) is 3.30. The van der Waals surface area contributed by atoms with Crippen molar-refractivity contribution < 1.29 is 43.7 Å². The number of carbonyl (C=O) groups is 6. The monoisotopic (exact) mass is 901 g/mol. The zero-order chi connectivity index (χ0) is 47.8. The number of benzene rings is 3. The van der Waals surface area contributed by atoms with Crippen molar-refractivity contribution in [1.82, 2.24) is 21.1 Å². The van der Waals surface area contributed by atoms with Crippen molar-refractivity contribution in [2.75, 3.05) is 11.9 Å². The van der Waals surface area contributed by atoms with E-state index in [1.165, 1.54) is 36.2 Å². The molecule has 2 aliphatic rings. The smallest absolute Gasteiger partial charge is 0.325 e. The number of phenolic OH excluding ortho intramolecular Hbond substituents is 1. The number of nitrogens with one attached hydrogen (secondary N) is 4. The SMILES string of the molecule is CC(=O)CC[C@H]1C(=O)N[C@@H](C(C)C)C(=O)NC(c2cccc(O)c2)C(=O)N2CCCC(N2)C(=O)O[C@H](/C(C)=C/C=C/C(=O)Nc2ccc(-c3ccccc3)cc2)C/C=C/C=C/C[C@H](C)[C@H]1O. The van der Waals surface area contributed by atoms with E-state index in [2.05, 4.69) is 21.4 Å². The molecule has 4 amide bonds. The maximum atomic E-state index is 14.4. The summed E-state index contributed by atoms with van der Waals surface area (Å²) in [5.41, 5.74) is 6.62. The fourth-order valence-corrected chi connectivity index (χ4v) is 7.80. The van der Waals surface area contributed by atoms with Gasteiger partial charge >= 0.3 is 5.97 Å². The van der Waals surface area contributed by atoms with Gasteiger partial charge in [0.1, 0.15) is 35.8 Å². The first-order chi connectivity index (χ1) is 31.6. The number of aromatic hydroxyl groups is 1. The number of anilines is 1. The largest absolute Gasteiger partial charge is 0.508 e. The minimum Gasteiger partial charge on any atom is -0.508 e. The third-order valence-electron chi connectivity index (χ3n) is 11.7. The predicted octanol–water partition coefficient (Wildman–Crippen LogP) is 6.79. The van der Waals surface area contributed by atoms with E-state index in [-0.39, 0.29) is 48.8 Å². The second kappa shape index (κ2) is 24.6. The summed E-state index contributed by atoms with van der Waals surface area (Å²) in [7, 11) is 0. The summed E-state index contributed by atoms with van der Waals surface area (Å²) in [5.74, 6) is -5.08. The molecule has 2 bridgehead atoms. The number of phenols is 1. The first-order valence-electron chi connectivity index (χ1n) is 22.6. The number of rotatable bonds is 10. The second-order valence-corrected chi connectivity index (χ2v) is 17.4. The second-order valence-electron chi connectivity index (χ2n) is 17.4. The van der Waals surface area contributed by atoms with E-state index in [0.717, 1.165) is 11.1 Å². The number of hydrogen-bond acceptors (Lipinski definition) is 10. The van der Waals surface area contributed by atoms with Crippen LogP contribution in [-0.4, -0.2) is 81.4 Å². The summed E-state index contributed by atoms with van der Waals surface area (Å²) in [4.78, 5) is 81.4. The number of hydrazine groups is 1. The van der Waals surface area contributed by atoms with Crippen molar-refractivity contribution in [1.29, 1.82) is 0 Å². The highest BCUT2D eigenvalue weighted by Gasteiger charge is 2.38. The summed E-state index contributed by atoms with van der Waals surface area (Å²) in [6.45, 7) is 8.64. The zero-order valence-corrected chi connectivity index (χ0v) is 38.3. The first-order valence-corrected chi connectivity index (χ1v) is 22.6. The number of esters is 1. The molecule has 2 unspecified atom stereocenters. The Morgan fingerprint density at radius 1 is 0.894 bits per heavy atom. The van der Waals surface area contributed by atoms with Gasteiger partial charge in [-0.3, -0.25) is 29.0 Å². The maximum Gasteiger partial charge on any atom is 0.325 e. The molecule has 2 heterocycles. The number of ketones is 1. The average molecular weight is 902 g/mol. The van der Waals surface area contributed by atoms with Crippen LogP contribution in [0.1, 0.15) is 84.7 Å². The van der Waals surface area contributed by atoms with Gasteiger partial charge in [0.2, 0.25) is 17.7 Å². The number of fused-ring (bicyclic) bond motifs is 2. The van der Waals surface area contributed by atoms with Gasteiger partial charge in [-0.2, -0.15) is 0 Å². The van der Waals surface area contributed by atoms with E-state index >= 15 is 0 Å². The molecular weight excluding hydrogens is 839 g/mol. The van der Waals surface area contributed by atoms with Crippen molar-refractivity contribution in [3.63, 3.8) is 0 Å². The summed E-state index contributed by atoms with van der Waals surface area (Å²) in [6.07, 6.45) is 11.5. The molecule has 2 aliphatic heterocycles. The molecule has 6 N–H and O–H groups in total. The van der Waals surface area contributed by atoms with E-state index in [1.807, 2.05) is 66.7 Å².